The number of hydrogen-bond donors (Lipinski definition) is 0. The lowest BCUT2D eigenvalue weighted by molar-refractivity contribution is 1.47. The van der Waals surface area contributed by atoms with Gasteiger partial charge >= 0.3 is 0 Å². The van der Waals surface area contributed by atoms with Gasteiger partial charge in [0.1, 0.15) is 0 Å². The minimum absolute atomic E-state index is 0.102. The van der Waals surface area contributed by atoms with E-state index in [9.17, 15) is 4.79 Å². The lowest BCUT2D eigenvalue weighted by atomic mass is 10.1. The topological polar surface area (TPSA) is 17.1 Å². The molecule has 1 aromatic heterocycles. The second-order valence-corrected chi connectivity index (χ2v) is 5.87. The SMILES string of the molecule is Cc1ccc(-c2ssc(=O)c2Br)cc1. The first-order valence-electron chi connectivity index (χ1n) is 4.04. The number of hydrogen-bond acceptors (Lipinski definition) is 3. The molecule has 0 aliphatic rings. The predicted octanol–water partition coefficient (Wildman–Crippen LogP) is 3.91. The molecule has 0 N–H and O–H groups in total. The fraction of sp³-hybridized carbons (Fsp3) is 0.100. The summed E-state index contributed by atoms with van der Waals surface area (Å²) in [5, 5.41) is 0. The average molecular weight is 287 g/mol. The van der Waals surface area contributed by atoms with Crippen LogP contribution in [0.25, 0.3) is 10.4 Å². The normalized spacial score (nSPS) is 10.4. The Labute approximate surface area is 97.6 Å². The maximum atomic E-state index is 11.3. The molecule has 1 aromatic carbocycles. The molecule has 72 valence electrons. The molecular formula is C10H7BrOS2. The molecule has 2 aromatic rings. The second-order valence-electron chi connectivity index (χ2n) is 2.96. The van der Waals surface area contributed by atoms with Gasteiger partial charge < -0.3 is 0 Å². The number of rotatable bonds is 1. The first kappa shape index (κ1) is 10.1. The van der Waals surface area contributed by atoms with Crippen LogP contribution in [0.4, 0.5) is 0 Å². The summed E-state index contributed by atoms with van der Waals surface area (Å²) in [6.07, 6.45) is 0. The van der Waals surface area contributed by atoms with E-state index in [1.54, 1.807) is 0 Å². The van der Waals surface area contributed by atoms with E-state index in [1.165, 1.54) is 26.2 Å². The van der Waals surface area contributed by atoms with Gasteiger partial charge in [-0.15, -0.1) is 0 Å². The lowest BCUT2D eigenvalue weighted by Gasteiger charge is -1.97. The van der Waals surface area contributed by atoms with Crippen LogP contribution in [-0.2, 0) is 0 Å². The molecule has 14 heavy (non-hydrogen) atoms. The Morgan fingerprint density at radius 2 is 1.79 bits per heavy atom. The highest BCUT2D eigenvalue weighted by Gasteiger charge is 2.09. The van der Waals surface area contributed by atoms with E-state index in [1.807, 2.05) is 12.1 Å². The maximum Gasteiger partial charge on any atom is 0.257 e. The van der Waals surface area contributed by atoms with Crippen molar-refractivity contribution in [1.82, 2.24) is 0 Å². The van der Waals surface area contributed by atoms with E-state index in [-0.39, 0.29) is 4.74 Å². The molecule has 2 rings (SSSR count). The lowest BCUT2D eigenvalue weighted by Crippen LogP contribution is -1.88. The van der Waals surface area contributed by atoms with Gasteiger partial charge in [-0.3, -0.25) is 4.79 Å². The van der Waals surface area contributed by atoms with Gasteiger partial charge in [-0.1, -0.05) is 40.2 Å². The number of aryl methyl sites for hydroxylation is 1. The fourth-order valence-corrected chi connectivity index (χ4v) is 4.55. The molecule has 0 saturated carbocycles. The molecule has 0 aliphatic carbocycles. The van der Waals surface area contributed by atoms with Crippen LogP contribution < -0.4 is 4.74 Å². The van der Waals surface area contributed by atoms with E-state index in [4.69, 9.17) is 0 Å². The van der Waals surface area contributed by atoms with Gasteiger partial charge in [-0.05, 0) is 38.8 Å². The van der Waals surface area contributed by atoms with E-state index >= 15 is 0 Å². The number of benzene rings is 1. The van der Waals surface area contributed by atoms with Gasteiger partial charge in [0.25, 0.3) is 4.74 Å². The van der Waals surface area contributed by atoms with Crippen molar-refractivity contribution in [1.29, 1.82) is 0 Å². The van der Waals surface area contributed by atoms with E-state index < -0.39 is 0 Å². The summed E-state index contributed by atoms with van der Waals surface area (Å²) >= 11 is 3.31. The molecule has 0 unspecified atom stereocenters. The molecule has 0 aliphatic heterocycles. The predicted molar refractivity (Wildman–Crippen MR) is 66.3 cm³/mol. The molecule has 0 fully saturated rings. The zero-order valence-corrected chi connectivity index (χ0v) is 10.6. The molecular weight excluding hydrogens is 280 g/mol. The Kier molecular flexibility index (Phi) is 2.85. The van der Waals surface area contributed by atoms with Crippen molar-refractivity contribution >= 4 is 36.6 Å². The van der Waals surface area contributed by atoms with Crippen LogP contribution >= 0.6 is 36.6 Å². The van der Waals surface area contributed by atoms with Crippen LogP contribution in [0.1, 0.15) is 5.56 Å². The van der Waals surface area contributed by atoms with E-state index in [0.717, 1.165) is 10.4 Å². The summed E-state index contributed by atoms with van der Waals surface area (Å²) in [5.74, 6) is 0. The van der Waals surface area contributed by atoms with Crippen LogP contribution in [0.3, 0.4) is 0 Å². The average Bonchev–Trinajstić information content (AvgIpc) is 2.50. The fourth-order valence-electron chi connectivity index (χ4n) is 1.13. The van der Waals surface area contributed by atoms with Gasteiger partial charge in [0.15, 0.2) is 0 Å². The molecule has 4 heteroatoms. The van der Waals surface area contributed by atoms with E-state index in [0.29, 0.717) is 4.47 Å². The Balaban J connectivity index is 2.55. The molecule has 0 spiro atoms. The Morgan fingerprint density at radius 3 is 2.29 bits per heavy atom. The summed E-state index contributed by atoms with van der Waals surface area (Å²) < 4.78 is 0.793. The largest absolute Gasteiger partial charge is 0.276 e. The van der Waals surface area contributed by atoms with Crippen LogP contribution in [0.5, 0.6) is 0 Å². The minimum atomic E-state index is 0.102. The van der Waals surface area contributed by atoms with Crippen molar-refractivity contribution in [2.24, 2.45) is 0 Å². The van der Waals surface area contributed by atoms with Gasteiger partial charge in [-0.2, -0.15) is 0 Å². The molecule has 0 atom stereocenters. The first-order valence-corrected chi connectivity index (χ1v) is 6.98. The van der Waals surface area contributed by atoms with Gasteiger partial charge in [0.2, 0.25) is 0 Å². The highest BCUT2D eigenvalue weighted by atomic mass is 79.9. The quantitative estimate of drug-likeness (QED) is 0.727. The van der Waals surface area contributed by atoms with Gasteiger partial charge in [0, 0.05) is 0 Å². The highest BCUT2D eigenvalue weighted by molar-refractivity contribution is 9.10. The number of halogens is 1. The Hall–Kier alpha value is -0.450. The second kappa shape index (κ2) is 3.96. The molecule has 1 heterocycles. The Morgan fingerprint density at radius 1 is 1.14 bits per heavy atom. The summed E-state index contributed by atoms with van der Waals surface area (Å²) in [7, 11) is 2.79. The third-order valence-electron chi connectivity index (χ3n) is 1.89. The molecule has 0 radical (unpaired) electrons. The molecule has 0 saturated heterocycles. The zero-order chi connectivity index (χ0) is 10.1. The third kappa shape index (κ3) is 1.82. The monoisotopic (exact) mass is 286 g/mol. The summed E-state index contributed by atoms with van der Waals surface area (Å²) in [5.41, 5.74) is 2.33. The van der Waals surface area contributed by atoms with Crippen molar-refractivity contribution < 1.29 is 0 Å². The minimum Gasteiger partial charge on any atom is -0.276 e. The van der Waals surface area contributed by atoms with Crippen LogP contribution in [0.15, 0.2) is 33.5 Å². The van der Waals surface area contributed by atoms with Crippen molar-refractivity contribution in [3.8, 4) is 10.4 Å². The summed E-state index contributed by atoms with van der Waals surface area (Å²) in [4.78, 5) is 12.3. The standard InChI is InChI=1S/C10H7BrOS2/c1-6-2-4-7(5-3-6)9-8(11)10(12)14-13-9/h2-5H,1H3. The molecule has 0 amide bonds. The first-order chi connectivity index (χ1) is 6.68. The van der Waals surface area contributed by atoms with Crippen molar-refractivity contribution in [2.75, 3.05) is 0 Å². The van der Waals surface area contributed by atoms with Crippen molar-refractivity contribution in [2.45, 2.75) is 6.92 Å². The smallest absolute Gasteiger partial charge is 0.257 e. The zero-order valence-electron chi connectivity index (χ0n) is 7.41. The highest BCUT2D eigenvalue weighted by Crippen LogP contribution is 2.32. The van der Waals surface area contributed by atoms with Crippen molar-refractivity contribution in [3.63, 3.8) is 0 Å². The van der Waals surface area contributed by atoms with Crippen molar-refractivity contribution in [3.05, 3.63) is 43.8 Å². The van der Waals surface area contributed by atoms with Crippen LogP contribution in [0.2, 0.25) is 0 Å². The Bertz CT molecular complexity index is 496. The van der Waals surface area contributed by atoms with E-state index in [2.05, 4.69) is 35.0 Å². The van der Waals surface area contributed by atoms with Crippen LogP contribution in [0, 0.1) is 6.92 Å². The molecule has 0 bridgehead atoms. The van der Waals surface area contributed by atoms with Gasteiger partial charge in [-0.25, -0.2) is 0 Å². The summed E-state index contributed by atoms with van der Waals surface area (Å²) in [6.45, 7) is 2.05. The van der Waals surface area contributed by atoms with Gasteiger partial charge in [0.05, 0.1) is 9.35 Å². The van der Waals surface area contributed by atoms with Crippen LogP contribution in [-0.4, -0.2) is 0 Å². The maximum absolute atomic E-state index is 11.3. The third-order valence-corrected chi connectivity index (χ3v) is 5.42. The summed E-state index contributed by atoms with van der Waals surface area (Å²) in [6, 6.07) is 8.18. The molecule has 1 nitrogen and oxygen atoms in total.